The van der Waals surface area contributed by atoms with Crippen LogP contribution in [0.15, 0.2) is 66.7 Å². The zero-order valence-corrected chi connectivity index (χ0v) is 15.2. The Morgan fingerprint density at radius 3 is 2.11 bits per heavy atom. The van der Waals surface area contributed by atoms with E-state index in [-0.39, 0.29) is 18.1 Å². The molecule has 136 valence electrons. The van der Waals surface area contributed by atoms with Gasteiger partial charge in [-0.1, -0.05) is 36.4 Å². The first-order valence-corrected chi connectivity index (χ1v) is 8.04. The summed E-state index contributed by atoms with van der Waals surface area (Å²) in [6.45, 7) is 0. The summed E-state index contributed by atoms with van der Waals surface area (Å²) in [5.41, 5.74) is 3.26. The number of benzene rings is 3. The highest BCUT2D eigenvalue weighted by Gasteiger charge is 2.14. The predicted octanol–water partition coefficient (Wildman–Crippen LogP) is 5.47. The van der Waals surface area contributed by atoms with Crippen molar-refractivity contribution < 1.29 is 9.66 Å². The van der Waals surface area contributed by atoms with Crippen LogP contribution in [0.1, 0.15) is 0 Å². The fraction of sp³-hybridized carbons (Fsp3) is 0.0500. The standard InChI is InChI=1S/C20H15N3O3.ClH/c1-26-19-12-13(23(24)25)10-11-18(19)22-20-14-6-2-4-8-16(14)21-17-9-5-3-7-15(17)20;/h2-12H,1H3,(H,21,22);1H. The summed E-state index contributed by atoms with van der Waals surface area (Å²) < 4.78 is 5.35. The highest BCUT2D eigenvalue weighted by Crippen LogP contribution is 2.37. The van der Waals surface area contributed by atoms with E-state index in [0.717, 1.165) is 27.5 Å². The maximum Gasteiger partial charge on any atom is 0.273 e. The third-order valence-corrected chi connectivity index (χ3v) is 4.24. The Balaban J connectivity index is 0.00000210. The zero-order chi connectivity index (χ0) is 18.1. The number of hydrogen-bond donors (Lipinski definition) is 1. The minimum absolute atomic E-state index is 0. The molecule has 0 saturated carbocycles. The van der Waals surface area contributed by atoms with Crippen LogP contribution in [0.25, 0.3) is 21.8 Å². The molecule has 0 amide bonds. The molecule has 0 atom stereocenters. The number of hydrogen-bond acceptors (Lipinski definition) is 5. The second-order valence-corrected chi connectivity index (χ2v) is 5.79. The lowest BCUT2D eigenvalue weighted by atomic mass is 10.1. The number of nitrogens with one attached hydrogen (secondary N) is 1. The van der Waals surface area contributed by atoms with Crippen LogP contribution in [0.2, 0.25) is 0 Å². The number of halogens is 1. The van der Waals surface area contributed by atoms with Gasteiger partial charge in [-0.2, -0.15) is 0 Å². The van der Waals surface area contributed by atoms with Crippen molar-refractivity contribution in [2.75, 3.05) is 12.4 Å². The first kappa shape index (κ1) is 18.4. The van der Waals surface area contributed by atoms with Crippen LogP contribution in [0.3, 0.4) is 0 Å². The highest BCUT2D eigenvalue weighted by atomic mass is 35.5. The summed E-state index contributed by atoms with van der Waals surface area (Å²) in [7, 11) is 1.49. The van der Waals surface area contributed by atoms with Gasteiger partial charge >= 0.3 is 0 Å². The van der Waals surface area contributed by atoms with E-state index in [4.69, 9.17) is 9.72 Å². The van der Waals surface area contributed by atoms with E-state index >= 15 is 0 Å². The van der Waals surface area contributed by atoms with Gasteiger partial charge in [0.05, 0.1) is 40.5 Å². The smallest absolute Gasteiger partial charge is 0.273 e. The second kappa shape index (κ2) is 7.47. The van der Waals surface area contributed by atoms with Crippen LogP contribution in [0, 0.1) is 10.1 Å². The molecule has 27 heavy (non-hydrogen) atoms. The van der Waals surface area contributed by atoms with E-state index in [9.17, 15) is 10.1 Å². The lowest BCUT2D eigenvalue weighted by Gasteiger charge is -2.15. The van der Waals surface area contributed by atoms with E-state index in [1.807, 2.05) is 48.5 Å². The van der Waals surface area contributed by atoms with Crippen LogP contribution in [0.5, 0.6) is 5.75 Å². The maximum atomic E-state index is 11.0. The number of aromatic nitrogens is 1. The predicted molar refractivity (Wildman–Crippen MR) is 109 cm³/mol. The number of para-hydroxylation sites is 2. The molecule has 0 aliphatic heterocycles. The molecule has 3 aromatic carbocycles. The van der Waals surface area contributed by atoms with Crippen LogP contribution >= 0.6 is 12.4 Å². The molecular formula is C20H16ClN3O3. The molecule has 0 aliphatic carbocycles. The molecular weight excluding hydrogens is 366 g/mol. The molecule has 0 bridgehead atoms. The molecule has 0 radical (unpaired) electrons. The third kappa shape index (κ3) is 3.35. The largest absolute Gasteiger partial charge is 0.494 e. The summed E-state index contributed by atoms with van der Waals surface area (Å²) in [6.07, 6.45) is 0. The second-order valence-electron chi connectivity index (χ2n) is 5.79. The van der Waals surface area contributed by atoms with Gasteiger partial charge in [0.2, 0.25) is 0 Å². The normalized spacial score (nSPS) is 10.4. The number of pyridine rings is 1. The van der Waals surface area contributed by atoms with Gasteiger partial charge in [-0.3, -0.25) is 10.1 Å². The Bertz CT molecular complexity index is 1090. The molecule has 6 nitrogen and oxygen atoms in total. The number of nitro groups is 1. The van der Waals surface area contributed by atoms with Crippen LogP contribution in [-0.2, 0) is 0 Å². The van der Waals surface area contributed by atoms with Gasteiger partial charge in [0.15, 0.2) is 0 Å². The summed E-state index contributed by atoms with van der Waals surface area (Å²) >= 11 is 0. The Labute approximate surface area is 161 Å². The number of non-ortho nitro benzene ring substituents is 1. The summed E-state index contributed by atoms with van der Waals surface area (Å²) in [4.78, 5) is 15.3. The number of methoxy groups -OCH3 is 1. The van der Waals surface area contributed by atoms with Gasteiger partial charge < -0.3 is 10.1 Å². The minimum Gasteiger partial charge on any atom is -0.494 e. The first-order valence-electron chi connectivity index (χ1n) is 8.04. The summed E-state index contributed by atoms with van der Waals surface area (Å²) in [6, 6.07) is 20.2. The van der Waals surface area contributed by atoms with E-state index in [0.29, 0.717) is 11.4 Å². The molecule has 0 fully saturated rings. The summed E-state index contributed by atoms with van der Waals surface area (Å²) in [5.74, 6) is 0.407. The monoisotopic (exact) mass is 381 g/mol. The average Bonchev–Trinajstić information content (AvgIpc) is 2.67. The van der Waals surface area contributed by atoms with Crippen molar-refractivity contribution >= 4 is 51.3 Å². The van der Waals surface area contributed by atoms with Crippen molar-refractivity contribution in [3.8, 4) is 5.75 Å². The number of rotatable bonds is 4. The third-order valence-electron chi connectivity index (χ3n) is 4.24. The van der Waals surface area contributed by atoms with Gasteiger partial charge in [0.1, 0.15) is 5.75 Å². The minimum atomic E-state index is -0.441. The van der Waals surface area contributed by atoms with Gasteiger partial charge in [0.25, 0.3) is 5.69 Å². The van der Waals surface area contributed by atoms with Gasteiger partial charge in [-0.25, -0.2) is 4.98 Å². The maximum absolute atomic E-state index is 11.0. The van der Waals surface area contributed by atoms with Gasteiger partial charge in [0, 0.05) is 16.8 Å². The number of ether oxygens (including phenoxy) is 1. The van der Waals surface area contributed by atoms with Crippen molar-refractivity contribution in [1.82, 2.24) is 4.98 Å². The zero-order valence-electron chi connectivity index (χ0n) is 14.4. The number of nitrogens with zero attached hydrogens (tertiary/aromatic N) is 2. The van der Waals surface area contributed by atoms with E-state index in [1.165, 1.54) is 19.2 Å². The fourth-order valence-electron chi connectivity index (χ4n) is 3.01. The lowest BCUT2D eigenvalue weighted by molar-refractivity contribution is -0.384. The lowest BCUT2D eigenvalue weighted by Crippen LogP contribution is -1.99. The van der Waals surface area contributed by atoms with E-state index in [1.54, 1.807) is 6.07 Å². The number of anilines is 2. The molecule has 7 heteroatoms. The van der Waals surface area contributed by atoms with Crippen LogP contribution in [0.4, 0.5) is 17.1 Å². The Hall–Kier alpha value is -3.38. The van der Waals surface area contributed by atoms with Crippen molar-refractivity contribution in [2.45, 2.75) is 0 Å². The van der Waals surface area contributed by atoms with Crippen molar-refractivity contribution in [3.63, 3.8) is 0 Å². The topological polar surface area (TPSA) is 77.3 Å². The van der Waals surface area contributed by atoms with Gasteiger partial charge in [-0.15, -0.1) is 12.4 Å². The molecule has 1 N–H and O–H groups in total. The number of nitro benzene ring substituents is 1. The Morgan fingerprint density at radius 1 is 0.963 bits per heavy atom. The van der Waals surface area contributed by atoms with Gasteiger partial charge in [-0.05, 0) is 18.2 Å². The molecule has 0 aliphatic rings. The molecule has 4 aromatic rings. The SMILES string of the molecule is COc1cc([N+](=O)[O-])ccc1Nc1c2ccccc2nc2ccccc12.Cl. The van der Waals surface area contributed by atoms with Crippen molar-refractivity contribution in [1.29, 1.82) is 0 Å². The summed E-state index contributed by atoms with van der Waals surface area (Å²) in [5, 5.41) is 16.3. The van der Waals surface area contributed by atoms with Crippen molar-refractivity contribution in [3.05, 3.63) is 76.8 Å². The molecule has 0 unspecified atom stereocenters. The fourth-order valence-corrected chi connectivity index (χ4v) is 3.01. The Morgan fingerprint density at radius 2 is 1.56 bits per heavy atom. The molecule has 0 saturated heterocycles. The first-order chi connectivity index (χ1) is 12.7. The average molecular weight is 382 g/mol. The highest BCUT2D eigenvalue weighted by molar-refractivity contribution is 6.08. The molecule has 0 spiro atoms. The van der Waals surface area contributed by atoms with Crippen molar-refractivity contribution in [2.24, 2.45) is 0 Å². The number of fused-ring (bicyclic) bond motifs is 2. The van der Waals surface area contributed by atoms with Crippen LogP contribution < -0.4 is 10.1 Å². The quantitative estimate of drug-likeness (QED) is 0.288. The van der Waals surface area contributed by atoms with E-state index < -0.39 is 4.92 Å². The Kier molecular flexibility index (Phi) is 5.09. The molecule has 1 heterocycles. The van der Waals surface area contributed by atoms with E-state index in [2.05, 4.69) is 5.32 Å². The molecule has 4 rings (SSSR count). The van der Waals surface area contributed by atoms with Crippen LogP contribution in [-0.4, -0.2) is 17.0 Å². The molecule has 1 aromatic heterocycles.